The van der Waals surface area contributed by atoms with Crippen LogP contribution in [0.1, 0.15) is 22.3 Å². The number of nitrogens with zero attached hydrogens (tertiary/aromatic N) is 2. The summed E-state index contributed by atoms with van der Waals surface area (Å²) in [4.78, 5) is 30.0. The number of hydrogen-bond donors (Lipinski definition) is 2. The highest BCUT2D eigenvalue weighted by Gasteiger charge is 2.28. The Balaban J connectivity index is 1.62. The first-order valence-electron chi connectivity index (χ1n) is 7.88. The lowest BCUT2D eigenvalue weighted by molar-refractivity contribution is -0.127. The van der Waals surface area contributed by atoms with Crippen molar-refractivity contribution in [3.8, 4) is 0 Å². The lowest BCUT2D eigenvalue weighted by Crippen LogP contribution is -2.31. The average Bonchev–Trinajstić information content (AvgIpc) is 2.90. The molecule has 0 aliphatic carbocycles. The second-order valence-corrected chi connectivity index (χ2v) is 6.00. The van der Waals surface area contributed by atoms with E-state index in [2.05, 4.69) is 15.6 Å². The molecule has 2 amide bonds. The van der Waals surface area contributed by atoms with E-state index in [1.165, 1.54) is 6.20 Å². The minimum Gasteiger partial charge on any atom is -0.358 e. The third kappa shape index (κ3) is 3.53. The van der Waals surface area contributed by atoms with Crippen LogP contribution in [0.4, 0.5) is 11.5 Å². The van der Waals surface area contributed by atoms with Gasteiger partial charge in [-0.25, -0.2) is 4.98 Å². The van der Waals surface area contributed by atoms with Gasteiger partial charge in [-0.05, 0) is 37.6 Å². The zero-order valence-electron chi connectivity index (χ0n) is 13.7. The molecule has 1 fully saturated rings. The van der Waals surface area contributed by atoms with Gasteiger partial charge >= 0.3 is 0 Å². The van der Waals surface area contributed by atoms with Gasteiger partial charge in [0.05, 0.1) is 5.56 Å². The van der Waals surface area contributed by atoms with E-state index in [4.69, 9.17) is 0 Å². The van der Waals surface area contributed by atoms with Gasteiger partial charge in [0.1, 0.15) is 11.9 Å². The number of rotatable bonds is 4. The molecule has 0 saturated carbocycles. The normalized spacial score (nSPS) is 17.0. The number of nitrogens with one attached hydrogen (secondary N) is 2. The van der Waals surface area contributed by atoms with Gasteiger partial charge in [0.2, 0.25) is 5.91 Å². The maximum absolute atomic E-state index is 12.2. The number of anilines is 2. The Morgan fingerprint density at radius 2 is 1.96 bits per heavy atom. The van der Waals surface area contributed by atoms with Crippen molar-refractivity contribution in [2.75, 3.05) is 24.2 Å². The van der Waals surface area contributed by atoms with E-state index in [1.807, 2.05) is 31.2 Å². The van der Waals surface area contributed by atoms with Crippen molar-refractivity contribution < 1.29 is 9.59 Å². The van der Waals surface area contributed by atoms with Crippen LogP contribution in [0.2, 0.25) is 0 Å². The summed E-state index contributed by atoms with van der Waals surface area (Å²) in [6, 6.07) is 10.8. The summed E-state index contributed by atoms with van der Waals surface area (Å²) >= 11 is 0. The fourth-order valence-electron chi connectivity index (χ4n) is 2.59. The van der Waals surface area contributed by atoms with Gasteiger partial charge in [-0.15, -0.1) is 0 Å². The van der Waals surface area contributed by atoms with E-state index < -0.39 is 0 Å². The van der Waals surface area contributed by atoms with E-state index in [-0.39, 0.29) is 17.9 Å². The second-order valence-electron chi connectivity index (χ2n) is 6.00. The van der Waals surface area contributed by atoms with Gasteiger partial charge in [-0.3, -0.25) is 9.59 Å². The fourth-order valence-corrected chi connectivity index (χ4v) is 2.59. The quantitative estimate of drug-likeness (QED) is 0.905. The lowest BCUT2D eigenvalue weighted by atomic mass is 10.2. The zero-order chi connectivity index (χ0) is 17.1. The summed E-state index contributed by atoms with van der Waals surface area (Å²) in [6.45, 7) is 2.74. The van der Waals surface area contributed by atoms with Crippen molar-refractivity contribution in [1.82, 2.24) is 9.88 Å². The largest absolute Gasteiger partial charge is 0.358 e. The van der Waals surface area contributed by atoms with E-state index in [0.717, 1.165) is 24.2 Å². The molecule has 6 heteroatoms. The van der Waals surface area contributed by atoms with Crippen LogP contribution < -0.4 is 10.6 Å². The van der Waals surface area contributed by atoms with Gasteiger partial charge < -0.3 is 15.5 Å². The number of likely N-dealkylation sites (tertiary alicyclic amines) is 1. The second kappa shape index (κ2) is 6.70. The highest BCUT2D eigenvalue weighted by atomic mass is 16.2. The standard InChI is InChI=1S/C18H20N4O2/c1-12-3-6-14(7-4-12)20-17(23)13-5-8-16(19-11-13)21-15-9-10-22(2)18(15)24/h3-8,11,15H,9-10H2,1-2H3,(H,19,21)(H,20,23). The SMILES string of the molecule is Cc1ccc(NC(=O)c2ccc(NC3CCN(C)C3=O)nc2)cc1. The molecule has 1 aromatic heterocycles. The molecular formula is C18H20N4O2. The molecule has 0 spiro atoms. The number of likely N-dealkylation sites (N-methyl/N-ethyl adjacent to an activating group) is 1. The first-order valence-corrected chi connectivity index (χ1v) is 7.88. The van der Waals surface area contributed by atoms with E-state index in [9.17, 15) is 9.59 Å². The Morgan fingerprint density at radius 3 is 2.54 bits per heavy atom. The summed E-state index contributed by atoms with van der Waals surface area (Å²) in [5.41, 5.74) is 2.35. The van der Waals surface area contributed by atoms with Crippen LogP contribution >= 0.6 is 0 Å². The van der Waals surface area contributed by atoms with Gasteiger partial charge in [0.25, 0.3) is 5.91 Å². The molecule has 3 rings (SSSR count). The molecule has 6 nitrogen and oxygen atoms in total. The highest BCUT2D eigenvalue weighted by molar-refractivity contribution is 6.04. The number of aromatic nitrogens is 1. The fraction of sp³-hybridized carbons (Fsp3) is 0.278. The maximum Gasteiger partial charge on any atom is 0.257 e. The third-order valence-electron chi connectivity index (χ3n) is 4.08. The van der Waals surface area contributed by atoms with Gasteiger partial charge in [0, 0.05) is 25.5 Å². The molecule has 1 saturated heterocycles. The molecule has 0 radical (unpaired) electrons. The molecule has 1 atom stereocenters. The van der Waals surface area contributed by atoms with Gasteiger partial charge in [-0.1, -0.05) is 17.7 Å². The monoisotopic (exact) mass is 324 g/mol. The van der Waals surface area contributed by atoms with Gasteiger partial charge in [0.15, 0.2) is 0 Å². The molecule has 24 heavy (non-hydrogen) atoms. The van der Waals surface area contributed by atoms with Crippen molar-refractivity contribution in [2.45, 2.75) is 19.4 Å². The molecule has 2 N–H and O–H groups in total. The highest BCUT2D eigenvalue weighted by Crippen LogP contribution is 2.15. The molecule has 1 aliphatic rings. The summed E-state index contributed by atoms with van der Waals surface area (Å²) in [6.07, 6.45) is 2.27. The molecule has 1 aromatic carbocycles. The minimum absolute atomic E-state index is 0.0676. The van der Waals surface area contributed by atoms with Crippen molar-refractivity contribution in [3.05, 3.63) is 53.7 Å². The minimum atomic E-state index is -0.241. The predicted octanol–water partition coefficient (Wildman–Crippen LogP) is 2.28. The van der Waals surface area contributed by atoms with Crippen LogP contribution in [0.5, 0.6) is 0 Å². The zero-order valence-corrected chi connectivity index (χ0v) is 13.7. The van der Waals surface area contributed by atoms with E-state index in [0.29, 0.717) is 11.4 Å². The summed E-state index contributed by atoms with van der Waals surface area (Å²) < 4.78 is 0. The van der Waals surface area contributed by atoms with Crippen LogP contribution in [0.15, 0.2) is 42.6 Å². The topological polar surface area (TPSA) is 74.3 Å². The Bertz CT molecular complexity index is 741. The smallest absolute Gasteiger partial charge is 0.257 e. The molecule has 2 heterocycles. The molecule has 2 aromatic rings. The number of carbonyl (C=O) groups excluding carboxylic acids is 2. The summed E-state index contributed by atoms with van der Waals surface area (Å²) in [5.74, 6) is 0.447. The predicted molar refractivity (Wildman–Crippen MR) is 93.0 cm³/mol. The number of carbonyl (C=O) groups is 2. The van der Waals surface area contributed by atoms with Crippen LogP contribution in [-0.4, -0.2) is 41.3 Å². The molecule has 1 unspecified atom stereocenters. The molecule has 1 aliphatic heterocycles. The van der Waals surface area contributed by atoms with Crippen LogP contribution in [0.3, 0.4) is 0 Å². The van der Waals surface area contributed by atoms with Crippen LogP contribution in [0.25, 0.3) is 0 Å². The van der Waals surface area contributed by atoms with E-state index in [1.54, 1.807) is 24.1 Å². The maximum atomic E-state index is 12.2. The molecule has 0 bridgehead atoms. The Morgan fingerprint density at radius 1 is 1.21 bits per heavy atom. The first kappa shape index (κ1) is 16.0. The number of pyridine rings is 1. The van der Waals surface area contributed by atoms with Crippen LogP contribution in [0, 0.1) is 6.92 Å². The van der Waals surface area contributed by atoms with Crippen molar-refractivity contribution >= 4 is 23.3 Å². The summed E-state index contributed by atoms with van der Waals surface area (Å²) in [7, 11) is 1.79. The summed E-state index contributed by atoms with van der Waals surface area (Å²) in [5, 5.41) is 5.94. The van der Waals surface area contributed by atoms with Crippen molar-refractivity contribution in [3.63, 3.8) is 0 Å². The number of benzene rings is 1. The van der Waals surface area contributed by atoms with Crippen molar-refractivity contribution in [2.24, 2.45) is 0 Å². The number of aryl methyl sites for hydroxylation is 1. The van der Waals surface area contributed by atoms with Crippen LogP contribution in [-0.2, 0) is 4.79 Å². The number of amides is 2. The molecular weight excluding hydrogens is 304 g/mol. The first-order chi connectivity index (χ1) is 11.5. The van der Waals surface area contributed by atoms with Gasteiger partial charge in [-0.2, -0.15) is 0 Å². The van der Waals surface area contributed by atoms with E-state index >= 15 is 0 Å². The lowest BCUT2D eigenvalue weighted by Gasteiger charge is -2.13. The van der Waals surface area contributed by atoms with Crippen molar-refractivity contribution in [1.29, 1.82) is 0 Å². The number of hydrogen-bond acceptors (Lipinski definition) is 4. The third-order valence-corrected chi connectivity index (χ3v) is 4.08. The average molecular weight is 324 g/mol. The Kier molecular flexibility index (Phi) is 4.46. The Labute approximate surface area is 140 Å². The molecule has 124 valence electrons. The Hall–Kier alpha value is -2.89.